The number of carbonyl (C=O) groups excluding carboxylic acids is 1. The van der Waals surface area contributed by atoms with E-state index in [-0.39, 0.29) is 18.3 Å². The number of ether oxygens (including phenoxy) is 2. The molecule has 4 rings (SSSR count). The predicted molar refractivity (Wildman–Crippen MR) is 89.7 cm³/mol. The van der Waals surface area contributed by atoms with E-state index in [1.807, 2.05) is 23.1 Å². The molecule has 0 saturated carbocycles. The van der Waals surface area contributed by atoms with E-state index in [0.29, 0.717) is 29.9 Å². The first-order chi connectivity index (χ1) is 10.8. The van der Waals surface area contributed by atoms with Crippen molar-refractivity contribution in [3.05, 3.63) is 23.8 Å². The Labute approximate surface area is 142 Å². The summed E-state index contributed by atoms with van der Waals surface area (Å²) in [4.78, 5) is 14.8. The van der Waals surface area contributed by atoms with E-state index in [9.17, 15) is 4.79 Å². The van der Waals surface area contributed by atoms with Crippen LogP contribution < -0.4 is 14.8 Å². The van der Waals surface area contributed by atoms with Gasteiger partial charge in [0.15, 0.2) is 11.5 Å². The molecule has 3 aliphatic rings. The summed E-state index contributed by atoms with van der Waals surface area (Å²) in [5.74, 6) is 1.54. The molecule has 1 N–H and O–H groups in total. The van der Waals surface area contributed by atoms with Crippen LogP contribution in [-0.4, -0.2) is 50.2 Å². The fraction of sp³-hybridized carbons (Fsp3) is 0.588. The number of nitrogens with zero attached hydrogens (tertiary/aromatic N) is 1. The van der Waals surface area contributed by atoms with E-state index < -0.39 is 0 Å². The van der Waals surface area contributed by atoms with Crippen molar-refractivity contribution in [1.29, 1.82) is 0 Å². The number of nitrogens with one attached hydrogen (secondary N) is 1. The number of rotatable bonds is 1. The second-order valence-electron chi connectivity index (χ2n) is 6.59. The van der Waals surface area contributed by atoms with Gasteiger partial charge >= 0.3 is 0 Å². The maximum atomic E-state index is 12.8. The number of piperidine rings is 1. The first-order valence-corrected chi connectivity index (χ1v) is 8.16. The summed E-state index contributed by atoms with van der Waals surface area (Å²) >= 11 is 0. The van der Waals surface area contributed by atoms with E-state index >= 15 is 0 Å². The molecule has 0 atom stereocenters. The number of likely N-dealkylation sites (tertiary alicyclic amines) is 1. The molecule has 0 unspecified atom stereocenters. The summed E-state index contributed by atoms with van der Waals surface area (Å²) < 4.78 is 11.1. The summed E-state index contributed by atoms with van der Waals surface area (Å²) in [6.45, 7) is 5.03. The zero-order valence-electron chi connectivity index (χ0n) is 13.2. The van der Waals surface area contributed by atoms with Gasteiger partial charge < -0.3 is 19.7 Å². The van der Waals surface area contributed by atoms with Gasteiger partial charge in [0.25, 0.3) is 5.91 Å². The van der Waals surface area contributed by atoms with Crippen molar-refractivity contribution in [1.82, 2.24) is 10.2 Å². The van der Waals surface area contributed by atoms with Gasteiger partial charge in [-0.15, -0.1) is 12.4 Å². The lowest BCUT2D eigenvalue weighted by Gasteiger charge is -2.33. The highest BCUT2D eigenvalue weighted by molar-refractivity contribution is 5.95. The van der Waals surface area contributed by atoms with E-state index in [4.69, 9.17) is 9.47 Å². The lowest BCUT2D eigenvalue weighted by Crippen LogP contribution is -2.39. The summed E-state index contributed by atoms with van der Waals surface area (Å²) in [5, 5.41) is 3.41. The first-order valence-electron chi connectivity index (χ1n) is 8.16. The van der Waals surface area contributed by atoms with E-state index in [0.717, 1.165) is 38.3 Å². The Balaban J connectivity index is 0.00000156. The van der Waals surface area contributed by atoms with Crippen molar-refractivity contribution in [2.24, 2.45) is 5.41 Å². The number of hydrogen-bond donors (Lipinski definition) is 1. The second-order valence-corrected chi connectivity index (χ2v) is 6.59. The van der Waals surface area contributed by atoms with Crippen LogP contribution in [0.25, 0.3) is 0 Å². The zero-order chi connectivity index (χ0) is 15.0. The maximum Gasteiger partial charge on any atom is 0.254 e. The van der Waals surface area contributed by atoms with Crippen LogP contribution in [0.5, 0.6) is 11.5 Å². The molecule has 3 heterocycles. The number of halogens is 1. The smallest absolute Gasteiger partial charge is 0.254 e. The molecule has 1 aromatic rings. The van der Waals surface area contributed by atoms with Gasteiger partial charge in [-0.2, -0.15) is 0 Å². The van der Waals surface area contributed by atoms with Crippen LogP contribution in [0.3, 0.4) is 0 Å². The Morgan fingerprint density at radius 3 is 2.61 bits per heavy atom. The van der Waals surface area contributed by atoms with Crippen molar-refractivity contribution in [3.8, 4) is 11.5 Å². The Kier molecular flexibility index (Phi) is 4.69. The van der Waals surface area contributed by atoms with Crippen LogP contribution >= 0.6 is 12.4 Å². The third-order valence-electron chi connectivity index (χ3n) is 5.18. The van der Waals surface area contributed by atoms with Crippen molar-refractivity contribution < 1.29 is 14.3 Å². The lowest BCUT2D eigenvalue weighted by molar-refractivity contribution is 0.0760. The number of amides is 1. The number of hydrogen-bond acceptors (Lipinski definition) is 4. The molecule has 1 aromatic carbocycles. The molecular formula is C17H23ClN2O3. The highest BCUT2D eigenvalue weighted by Gasteiger charge is 2.40. The van der Waals surface area contributed by atoms with Gasteiger partial charge in [0, 0.05) is 18.7 Å². The quantitative estimate of drug-likeness (QED) is 0.852. The molecule has 0 aliphatic carbocycles. The van der Waals surface area contributed by atoms with Crippen LogP contribution in [0.2, 0.25) is 0 Å². The first kappa shape index (κ1) is 16.4. The minimum absolute atomic E-state index is 0. The maximum absolute atomic E-state index is 12.8. The van der Waals surface area contributed by atoms with Crippen LogP contribution in [0, 0.1) is 5.41 Å². The molecule has 5 nitrogen and oxygen atoms in total. The molecule has 0 bridgehead atoms. The summed E-state index contributed by atoms with van der Waals surface area (Å²) in [5.41, 5.74) is 1.05. The number of carbonyl (C=O) groups is 1. The molecule has 2 fully saturated rings. The number of fused-ring (bicyclic) bond motifs is 1. The molecule has 0 radical (unpaired) electrons. The third-order valence-corrected chi connectivity index (χ3v) is 5.18. The minimum atomic E-state index is 0. The molecule has 23 heavy (non-hydrogen) atoms. The van der Waals surface area contributed by atoms with Crippen molar-refractivity contribution in [2.75, 3.05) is 39.4 Å². The topological polar surface area (TPSA) is 50.8 Å². The van der Waals surface area contributed by atoms with Gasteiger partial charge in [0.1, 0.15) is 13.2 Å². The van der Waals surface area contributed by atoms with E-state index in [1.165, 1.54) is 12.8 Å². The highest BCUT2D eigenvalue weighted by atomic mass is 35.5. The van der Waals surface area contributed by atoms with Crippen molar-refractivity contribution in [3.63, 3.8) is 0 Å². The zero-order valence-corrected chi connectivity index (χ0v) is 14.0. The Bertz CT molecular complexity index is 587. The molecule has 6 heteroatoms. The Hall–Kier alpha value is -1.46. The molecule has 3 aliphatic heterocycles. The van der Waals surface area contributed by atoms with Gasteiger partial charge in [-0.1, -0.05) is 0 Å². The predicted octanol–water partition coefficient (Wildman–Crippen LogP) is 2.10. The van der Waals surface area contributed by atoms with Gasteiger partial charge in [0.2, 0.25) is 0 Å². The Morgan fingerprint density at radius 2 is 1.83 bits per heavy atom. The second kappa shape index (κ2) is 6.57. The summed E-state index contributed by atoms with van der Waals surface area (Å²) in [6.07, 6.45) is 3.49. The van der Waals surface area contributed by atoms with Crippen LogP contribution in [0.4, 0.5) is 0 Å². The molecule has 126 valence electrons. The van der Waals surface area contributed by atoms with E-state index in [2.05, 4.69) is 5.32 Å². The monoisotopic (exact) mass is 338 g/mol. The van der Waals surface area contributed by atoms with Gasteiger partial charge in [-0.05, 0) is 56.0 Å². The highest BCUT2D eigenvalue weighted by Crippen LogP contribution is 2.39. The minimum Gasteiger partial charge on any atom is -0.486 e. The number of benzene rings is 1. The largest absolute Gasteiger partial charge is 0.486 e. The van der Waals surface area contributed by atoms with Crippen molar-refractivity contribution in [2.45, 2.75) is 19.3 Å². The summed E-state index contributed by atoms with van der Waals surface area (Å²) in [6, 6.07) is 5.52. The SMILES string of the molecule is Cl.O=C(c1ccc2c(c1)OCCO2)N1CCC2(CCNCC2)C1. The molecule has 1 spiro atoms. The van der Waals surface area contributed by atoms with E-state index in [1.54, 1.807) is 0 Å². The third kappa shape index (κ3) is 3.12. The standard InChI is InChI=1S/C17H22N2O3.ClH/c20-16(13-1-2-14-15(11-13)22-10-9-21-14)19-8-5-17(12-19)3-6-18-7-4-17;/h1-2,11,18H,3-10,12H2;1H. The summed E-state index contributed by atoms with van der Waals surface area (Å²) in [7, 11) is 0. The van der Waals surface area contributed by atoms with Crippen LogP contribution in [0.1, 0.15) is 29.6 Å². The average molecular weight is 339 g/mol. The fourth-order valence-electron chi connectivity index (χ4n) is 3.83. The van der Waals surface area contributed by atoms with Crippen LogP contribution in [-0.2, 0) is 0 Å². The lowest BCUT2D eigenvalue weighted by atomic mass is 9.78. The molecule has 1 amide bonds. The van der Waals surface area contributed by atoms with Gasteiger partial charge in [-0.3, -0.25) is 4.79 Å². The average Bonchev–Trinajstić information content (AvgIpc) is 2.98. The Morgan fingerprint density at radius 1 is 1.09 bits per heavy atom. The molecular weight excluding hydrogens is 316 g/mol. The molecule has 2 saturated heterocycles. The molecule has 0 aromatic heterocycles. The van der Waals surface area contributed by atoms with Gasteiger partial charge in [0.05, 0.1) is 0 Å². The normalized spacial score (nSPS) is 21.8. The van der Waals surface area contributed by atoms with Gasteiger partial charge in [-0.25, -0.2) is 0 Å². The van der Waals surface area contributed by atoms with Crippen LogP contribution in [0.15, 0.2) is 18.2 Å². The van der Waals surface area contributed by atoms with Crippen molar-refractivity contribution >= 4 is 18.3 Å². The fourth-order valence-corrected chi connectivity index (χ4v) is 3.83.